The van der Waals surface area contributed by atoms with Crippen molar-refractivity contribution in [3.05, 3.63) is 0 Å². The van der Waals surface area contributed by atoms with Gasteiger partial charge in [-0.3, -0.25) is 0 Å². The fraction of sp³-hybridized carbons (Fsp3) is 1.00. The maximum Gasteiger partial charge on any atom is 0.00507 e. The monoisotopic (exact) mass is 228 g/mol. The van der Waals surface area contributed by atoms with Crippen LogP contribution in [0.25, 0.3) is 0 Å². The molecule has 0 rings (SSSR count). The predicted octanol–water partition coefficient (Wildman–Crippen LogP) is 2.99. The summed E-state index contributed by atoms with van der Waals surface area (Å²) in [6.45, 7) is 18.5. The molecule has 0 aliphatic rings. The van der Waals surface area contributed by atoms with E-state index in [1.165, 1.54) is 26.1 Å². The van der Waals surface area contributed by atoms with Crippen LogP contribution >= 0.6 is 0 Å². The molecule has 0 saturated heterocycles. The van der Waals surface area contributed by atoms with E-state index < -0.39 is 0 Å². The molecule has 1 N–H and O–H groups in total. The zero-order chi connectivity index (χ0) is 12.6. The first kappa shape index (κ1) is 15.9. The Morgan fingerprint density at radius 2 is 1.44 bits per heavy atom. The minimum absolute atomic E-state index is 0.645. The Kier molecular flexibility index (Phi) is 8.96. The second-order valence-electron chi connectivity index (χ2n) is 5.79. The van der Waals surface area contributed by atoms with Gasteiger partial charge in [0.15, 0.2) is 0 Å². The lowest BCUT2D eigenvalue weighted by atomic mass is 10.1. The molecule has 2 nitrogen and oxygen atoms in total. The van der Waals surface area contributed by atoms with Gasteiger partial charge in [0.1, 0.15) is 0 Å². The largest absolute Gasteiger partial charge is 0.314 e. The van der Waals surface area contributed by atoms with Crippen LogP contribution in [0.4, 0.5) is 0 Å². The molecule has 0 radical (unpaired) electrons. The summed E-state index contributed by atoms with van der Waals surface area (Å²) in [7, 11) is 0. The highest BCUT2D eigenvalue weighted by Gasteiger charge is 2.10. The second-order valence-corrected chi connectivity index (χ2v) is 5.79. The number of hydrogen-bond acceptors (Lipinski definition) is 2. The van der Waals surface area contributed by atoms with Crippen LogP contribution in [-0.4, -0.2) is 37.1 Å². The van der Waals surface area contributed by atoms with E-state index in [9.17, 15) is 0 Å². The van der Waals surface area contributed by atoms with Gasteiger partial charge in [-0.15, -0.1) is 0 Å². The highest BCUT2D eigenvalue weighted by molar-refractivity contribution is 4.67. The van der Waals surface area contributed by atoms with Gasteiger partial charge in [0.25, 0.3) is 0 Å². The summed E-state index contributed by atoms with van der Waals surface area (Å²) in [5.41, 5.74) is 0. The van der Waals surface area contributed by atoms with Gasteiger partial charge < -0.3 is 10.2 Å². The van der Waals surface area contributed by atoms with Crippen molar-refractivity contribution in [3.8, 4) is 0 Å². The summed E-state index contributed by atoms with van der Waals surface area (Å²) in [6.07, 6.45) is 1.26. The molecule has 0 fully saturated rings. The van der Waals surface area contributed by atoms with Gasteiger partial charge in [-0.2, -0.15) is 0 Å². The third-order valence-corrected chi connectivity index (χ3v) is 2.68. The Bertz CT molecular complexity index is 145. The number of hydrogen-bond donors (Lipinski definition) is 1. The predicted molar refractivity (Wildman–Crippen MR) is 73.9 cm³/mol. The standard InChI is InChI=1S/C14H32N2/c1-7-15-14(6)8-9-16(10-12(2)3)11-13(4)5/h12-15H,7-11H2,1-6H3. The molecule has 16 heavy (non-hydrogen) atoms. The summed E-state index contributed by atoms with van der Waals surface area (Å²) in [6, 6.07) is 0.645. The van der Waals surface area contributed by atoms with Crippen LogP contribution in [0.1, 0.15) is 48.0 Å². The molecule has 0 aromatic heterocycles. The molecule has 0 aliphatic carbocycles. The number of nitrogens with one attached hydrogen (secondary N) is 1. The number of rotatable bonds is 9. The SMILES string of the molecule is CCNC(C)CCN(CC(C)C)CC(C)C. The van der Waals surface area contributed by atoms with Gasteiger partial charge in [0, 0.05) is 19.1 Å². The fourth-order valence-electron chi connectivity index (χ4n) is 2.12. The summed E-state index contributed by atoms with van der Waals surface area (Å²) in [4.78, 5) is 2.61. The lowest BCUT2D eigenvalue weighted by Gasteiger charge is -2.27. The van der Waals surface area contributed by atoms with Crippen molar-refractivity contribution < 1.29 is 0 Å². The van der Waals surface area contributed by atoms with E-state index in [1.807, 2.05) is 0 Å². The molecule has 0 aliphatic heterocycles. The van der Waals surface area contributed by atoms with Crippen molar-refractivity contribution in [3.63, 3.8) is 0 Å². The van der Waals surface area contributed by atoms with E-state index in [2.05, 4.69) is 51.8 Å². The maximum atomic E-state index is 3.48. The normalized spacial score (nSPS) is 14.1. The van der Waals surface area contributed by atoms with Crippen molar-refractivity contribution in [2.75, 3.05) is 26.2 Å². The van der Waals surface area contributed by atoms with Crippen LogP contribution in [0.5, 0.6) is 0 Å². The van der Waals surface area contributed by atoms with Crippen LogP contribution in [0, 0.1) is 11.8 Å². The van der Waals surface area contributed by atoms with E-state index in [-0.39, 0.29) is 0 Å². The minimum atomic E-state index is 0.645. The highest BCUT2D eigenvalue weighted by Crippen LogP contribution is 2.05. The van der Waals surface area contributed by atoms with Crippen molar-refractivity contribution >= 4 is 0 Å². The summed E-state index contributed by atoms with van der Waals surface area (Å²) in [5.74, 6) is 1.54. The summed E-state index contributed by atoms with van der Waals surface area (Å²) < 4.78 is 0. The topological polar surface area (TPSA) is 15.3 Å². The average molecular weight is 228 g/mol. The maximum absolute atomic E-state index is 3.48. The van der Waals surface area contributed by atoms with Crippen molar-refractivity contribution in [1.29, 1.82) is 0 Å². The molecule has 0 heterocycles. The van der Waals surface area contributed by atoms with Gasteiger partial charge >= 0.3 is 0 Å². The Balaban J connectivity index is 3.90. The molecule has 0 spiro atoms. The molecule has 0 saturated carbocycles. The lowest BCUT2D eigenvalue weighted by Crippen LogP contribution is -2.36. The lowest BCUT2D eigenvalue weighted by molar-refractivity contribution is 0.210. The van der Waals surface area contributed by atoms with Gasteiger partial charge in [-0.05, 0) is 38.3 Å². The van der Waals surface area contributed by atoms with Gasteiger partial charge in [0.2, 0.25) is 0 Å². The zero-order valence-corrected chi connectivity index (χ0v) is 12.2. The average Bonchev–Trinajstić information content (AvgIpc) is 2.13. The van der Waals surface area contributed by atoms with E-state index in [0.717, 1.165) is 18.4 Å². The smallest absolute Gasteiger partial charge is 0.00507 e. The number of nitrogens with zero attached hydrogens (tertiary/aromatic N) is 1. The van der Waals surface area contributed by atoms with E-state index in [4.69, 9.17) is 0 Å². The van der Waals surface area contributed by atoms with Crippen LogP contribution < -0.4 is 5.32 Å². The molecule has 1 atom stereocenters. The Morgan fingerprint density at radius 1 is 0.938 bits per heavy atom. The third kappa shape index (κ3) is 9.17. The minimum Gasteiger partial charge on any atom is -0.314 e. The summed E-state index contributed by atoms with van der Waals surface area (Å²) in [5, 5.41) is 3.48. The van der Waals surface area contributed by atoms with Gasteiger partial charge in [0.05, 0.1) is 0 Å². The first-order chi connectivity index (χ1) is 7.45. The van der Waals surface area contributed by atoms with Gasteiger partial charge in [-0.1, -0.05) is 34.6 Å². The molecule has 0 amide bonds. The Labute approximate surface area is 103 Å². The van der Waals surface area contributed by atoms with Crippen LogP contribution in [0.15, 0.2) is 0 Å². The van der Waals surface area contributed by atoms with E-state index in [0.29, 0.717) is 6.04 Å². The van der Waals surface area contributed by atoms with Crippen LogP contribution in [-0.2, 0) is 0 Å². The van der Waals surface area contributed by atoms with Crippen LogP contribution in [0.2, 0.25) is 0 Å². The van der Waals surface area contributed by atoms with E-state index >= 15 is 0 Å². The third-order valence-electron chi connectivity index (χ3n) is 2.68. The molecule has 0 aromatic rings. The first-order valence-corrected chi connectivity index (χ1v) is 6.91. The van der Waals surface area contributed by atoms with Crippen molar-refractivity contribution in [2.24, 2.45) is 11.8 Å². The molecular weight excluding hydrogens is 196 g/mol. The highest BCUT2D eigenvalue weighted by atomic mass is 15.1. The molecule has 1 unspecified atom stereocenters. The van der Waals surface area contributed by atoms with Crippen molar-refractivity contribution in [1.82, 2.24) is 10.2 Å². The van der Waals surface area contributed by atoms with E-state index in [1.54, 1.807) is 0 Å². The molecule has 0 bridgehead atoms. The fourth-order valence-corrected chi connectivity index (χ4v) is 2.12. The zero-order valence-electron chi connectivity index (χ0n) is 12.2. The summed E-state index contributed by atoms with van der Waals surface area (Å²) >= 11 is 0. The quantitative estimate of drug-likeness (QED) is 0.652. The second kappa shape index (κ2) is 9.00. The molecule has 98 valence electrons. The Morgan fingerprint density at radius 3 is 1.81 bits per heavy atom. The first-order valence-electron chi connectivity index (χ1n) is 6.91. The van der Waals surface area contributed by atoms with Crippen LogP contribution in [0.3, 0.4) is 0 Å². The molecular formula is C14H32N2. The molecule has 2 heteroatoms. The van der Waals surface area contributed by atoms with Gasteiger partial charge in [-0.25, -0.2) is 0 Å². The molecule has 0 aromatic carbocycles. The Hall–Kier alpha value is -0.0800. The van der Waals surface area contributed by atoms with Crippen molar-refractivity contribution in [2.45, 2.75) is 54.0 Å².